The van der Waals surface area contributed by atoms with Gasteiger partial charge in [0.1, 0.15) is 12.4 Å². The second kappa shape index (κ2) is 12.1. The van der Waals surface area contributed by atoms with Crippen LogP contribution in [0.2, 0.25) is 0 Å². The molecule has 2 aromatic carbocycles. The molecule has 5 nitrogen and oxygen atoms in total. The van der Waals surface area contributed by atoms with Crippen LogP contribution >= 0.6 is 0 Å². The number of carbonyl (C=O) groups is 1. The molecule has 166 valence electrons. The van der Waals surface area contributed by atoms with E-state index in [1.807, 2.05) is 6.07 Å². The van der Waals surface area contributed by atoms with Crippen LogP contribution in [0.3, 0.4) is 0 Å². The van der Waals surface area contributed by atoms with E-state index >= 15 is 0 Å². The molecule has 1 saturated carbocycles. The first kappa shape index (κ1) is 22.9. The Balaban J connectivity index is 1.48. The maximum absolute atomic E-state index is 10.8. The number of hydrogen-bond acceptors (Lipinski definition) is 4. The zero-order valence-electron chi connectivity index (χ0n) is 18.4. The lowest BCUT2D eigenvalue weighted by molar-refractivity contribution is -0.136. The molecular weight excluding hydrogens is 390 g/mol. The highest BCUT2D eigenvalue weighted by Crippen LogP contribution is 2.31. The summed E-state index contributed by atoms with van der Waals surface area (Å²) in [5, 5.41) is 13.2. The fourth-order valence-corrected chi connectivity index (χ4v) is 4.12. The Bertz CT molecular complexity index is 852. The highest BCUT2D eigenvalue weighted by atomic mass is 16.6. The summed E-state index contributed by atoms with van der Waals surface area (Å²) in [5.41, 5.74) is 4.18. The van der Waals surface area contributed by atoms with E-state index < -0.39 is 5.97 Å². The fourth-order valence-electron chi connectivity index (χ4n) is 4.12. The topological polar surface area (TPSA) is 68.1 Å². The van der Waals surface area contributed by atoms with Gasteiger partial charge in [-0.2, -0.15) is 0 Å². The zero-order chi connectivity index (χ0) is 21.9. The second-order valence-electron chi connectivity index (χ2n) is 8.10. The van der Waals surface area contributed by atoms with Gasteiger partial charge in [-0.3, -0.25) is 4.79 Å². The average molecular weight is 424 g/mol. The van der Waals surface area contributed by atoms with Crippen molar-refractivity contribution >= 4 is 11.7 Å². The molecule has 5 heteroatoms. The normalized spacial score (nSPS) is 15.3. The van der Waals surface area contributed by atoms with Gasteiger partial charge in [-0.25, -0.2) is 0 Å². The first-order valence-corrected chi connectivity index (χ1v) is 11.4. The summed E-state index contributed by atoms with van der Waals surface area (Å²) in [6.07, 6.45) is 8.80. The van der Waals surface area contributed by atoms with E-state index in [1.54, 1.807) is 18.2 Å². The number of carboxylic acid groups (broad SMARTS) is 1. The van der Waals surface area contributed by atoms with Gasteiger partial charge in [0.05, 0.1) is 12.1 Å². The summed E-state index contributed by atoms with van der Waals surface area (Å²) >= 11 is 0. The molecular formula is C26H33NO4. The second-order valence-corrected chi connectivity index (χ2v) is 8.10. The number of ether oxygens (including phenoxy) is 1. The van der Waals surface area contributed by atoms with E-state index in [4.69, 9.17) is 14.7 Å². The minimum absolute atomic E-state index is 0.0165. The highest BCUT2D eigenvalue weighted by Gasteiger charge is 2.14. The van der Waals surface area contributed by atoms with E-state index in [0.29, 0.717) is 30.4 Å². The van der Waals surface area contributed by atoms with E-state index in [0.717, 1.165) is 17.7 Å². The lowest BCUT2D eigenvalue weighted by atomic mass is 9.91. The largest absolute Gasteiger partial charge is 0.490 e. The highest BCUT2D eigenvalue weighted by molar-refractivity contribution is 6.00. The van der Waals surface area contributed by atoms with Crippen molar-refractivity contribution in [1.29, 1.82) is 0 Å². The number of carboxylic acids is 1. The Labute approximate surface area is 185 Å². The molecule has 0 bridgehead atoms. The monoisotopic (exact) mass is 423 g/mol. The summed E-state index contributed by atoms with van der Waals surface area (Å²) in [6, 6.07) is 15.9. The van der Waals surface area contributed by atoms with E-state index in [2.05, 4.69) is 36.3 Å². The predicted molar refractivity (Wildman–Crippen MR) is 123 cm³/mol. The number of benzene rings is 2. The van der Waals surface area contributed by atoms with Gasteiger partial charge in [0, 0.05) is 0 Å². The number of hydrogen-bond donors (Lipinski definition) is 1. The molecule has 3 rings (SSSR count). The van der Waals surface area contributed by atoms with Gasteiger partial charge in [-0.15, -0.1) is 0 Å². The molecule has 31 heavy (non-hydrogen) atoms. The summed E-state index contributed by atoms with van der Waals surface area (Å²) in [7, 11) is 0. The fraction of sp³-hybridized carbons (Fsp3) is 0.462. The van der Waals surface area contributed by atoms with Gasteiger partial charge in [0.2, 0.25) is 0 Å². The molecule has 0 spiro atoms. The Kier molecular flexibility index (Phi) is 8.95. The number of oxime groups is 1. The maximum atomic E-state index is 10.8. The predicted octanol–water partition coefficient (Wildman–Crippen LogP) is 5.96. The molecule has 0 aliphatic heterocycles. The molecule has 0 saturated heterocycles. The van der Waals surface area contributed by atoms with Crippen molar-refractivity contribution < 1.29 is 19.5 Å². The summed E-state index contributed by atoms with van der Waals surface area (Å²) in [5.74, 6) is 0.473. The quantitative estimate of drug-likeness (QED) is 0.221. The van der Waals surface area contributed by atoms with Crippen molar-refractivity contribution in [2.24, 2.45) is 5.16 Å². The maximum Gasteiger partial charge on any atom is 0.307 e. The van der Waals surface area contributed by atoms with Crippen LogP contribution in [0, 0.1) is 0 Å². The number of nitrogens with zero attached hydrogens (tertiary/aromatic N) is 1. The zero-order valence-corrected chi connectivity index (χ0v) is 18.4. The lowest BCUT2D eigenvalue weighted by Gasteiger charge is -2.15. The smallest absolute Gasteiger partial charge is 0.307 e. The van der Waals surface area contributed by atoms with Crippen LogP contribution in [0.25, 0.3) is 0 Å². The first-order valence-electron chi connectivity index (χ1n) is 11.4. The molecule has 0 radical (unpaired) electrons. The van der Waals surface area contributed by atoms with Crippen LogP contribution in [-0.2, 0) is 16.1 Å². The molecule has 0 atom stereocenters. The Morgan fingerprint density at radius 2 is 1.77 bits per heavy atom. The molecule has 1 aliphatic carbocycles. The molecule has 1 fully saturated rings. The van der Waals surface area contributed by atoms with Crippen molar-refractivity contribution in [2.45, 2.75) is 64.2 Å². The molecule has 1 N–H and O–H groups in total. The van der Waals surface area contributed by atoms with Crippen molar-refractivity contribution in [3.05, 3.63) is 65.2 Å². The van der Waals surface area contributed by atoms with Crippen molar-refractivity contribution in [3.63, 3.8) is 0 Å². The third-order valence-corrected chi connectivity index (χ3v) is 5.78. The van der Waals surface area contributed by atoms with Gasteiger partial charge in [-0.1, -0.05) is 74.2 Å². The Hall–Kier alpha value is -2.82. The van der Waals surface area contributed by atoms with Crippen LogP contribution in [0.5, 0.6) is 5.75 Å². The molecule has 0 unspecified atom stereocenters. The SMILES string of the molecule is CCC(=NOCCOc1cccc(CC(=O)O)c1)c1ccc(C2CCCCCC2)cc1. The van der Waals surface area contributed by atoms with Crippen LogP contribution in [0.1, 0.15) is 74.5 Å². The van der Waals surface area contributed by atoms with Crippen LogP contribution in [0.4, 0.5) is 0 Å². The van der Waals surface area contributed by atoms with Gasteiger partial charge < -0.3 is 14.7 Å². The molecule has 0 amide bonds. The Morgan fingerprint density at radius 3 is 2.45 bits per heavy atom. The van der Waals surface area contributed by atoms with Crippen LogP contribution in [-0.4, -0.2) is 30.0 Å². The molecule has 0 aromatic heterocycles. The van der Waals surface area contributed by atoms with Crippen molar-refractivity contribution in [1.82, 2.24) is 0 Å². The van der Waals surface area contributed by atoms with Gasteiger partial charge in [-0.05, 0) is 54.0 Å². The summed E-state index contributed by atoms with van der Waals surface area (Å²) in [6.45, 7) is 2.75. The van der Waals surface area contributed by atoms with E-state index in [1.165, 1.54) is 44.1 Å². The van der Waals surface area contributed by atoms with Gasteiger partial charge in [0.15, 0.2) is 6.61 Å². The molecule has 1 aliphatic rings. The lowest BCUT2D eigenvalue weighted by Crippen LogP contribution is -2.07. The van der Waals surface area contributed by atoms with Gasteiger partial charge in [0.25, 0.3) is 0 Å². The van der Waals surface area contributed by atoms with Gasteiger partial charge >= 0.3 is 5.97 Å². The summed E-state index contributed by atoms with van der Waals surface area (Å²) in [4.78, 5) is 16.3. The van der Waals surface area contributed by atoms with Crippen molar-refractivity contribution in [3.8, 4) is 5.75 Å². The minimum Gasteiger partial charge on any atom is -0.490 e. The number of aliphatic carboxylic acids is 1. The molecule has 0 heterocycles. The van der Waals surface area contributed by atoms with Crippen molar-refractivity contribution in [2.75, 3.05) is 13.2 Å². The van der Waals surface area contributed by atoms with E-state index in [9.17, 15) is 4.79 Å². The standard InChI is InChI=1S/C26H33NO4/c1-2-25(23-14-12-22(13-15-23)21-9-5-3-4-6-10-21)27-31-17-16-30-24-11-7-8-20(18-24)19-26(28)29/h7-8,11-15,18,21H,2-6,9-10,16-17,19H2,1H3,(H,28,29). The molecule has 2 aromatic rings. The third kappa shape index (κ3) is 7.42. The first-order chi connectivity index (χ1) is 15.2. The minimum atomic E-state index is -0.857. The average Bonchev–Trinajstić information content (AvgIpc) is 3.06. The Morgan fingerprint density at radius 1 is 1.03 bits per heavy atom. The van der Waals surface area contributed by atoms with E-state index in [-0.39, 0.29) is 6.42 Å². The van der Waals surface area contributed by atoms with Crippen LogP contribution < -0.4 is 4.74 Å². The summed E-state index contributed by atoms with van der Waals surface area (Å²) < 4.78 is 5.66. The number of rotatable bonds is 10. The third-order valence-electron chi connectivity index (χ3n) is 5.78. The van der Waals surface area contributed by atoms with Crippen LogP contribution in [0.15, 0.2) is 53.7 Å².